The van der Waals surface area contributed by atoms with Gasteiger partial charge in [-0.15, -0.1) is 0 Å². The molecule has 0 fully saturated rings. The van der Waals surface area contributed by atoms with Crippen LogP contribution in [0.3, 0.4) is 0 Å². The molecule has 0 spiro atoms. The van der Waals surface area contributed by atoms with E-state index >= 15 is 0 Å². The number of nitrogens with one attached hydrogen (secondary N) is 1. The van der Waals surface area contributed by atoms with Gasteiger partial charge in [0.25, 0.3) is 0 Å². The first-order valence-electron chi connectivity index (χ1n) is 4.63. The minimum Gasteiger partial charge on any atom is -0.325 e. The highest BCUT2D eigenvalue weighted by Gasteiger charge is 2.05. The minimum atomic E-state index is -0.116. The van der Waals surface area contributed by atoms with Crippen LogP contribution in [0.2, 0.25) is 0 Å². The van der Waals surface area contributed by atoms with Crippen molar-refractivity contribution in [2.45, 2.75) is 19.8 Å². The van der Waals surface area contributed by atoms with E-state index in [1.807, 2.05) is 24.3 Å². The molecule has 1 N–H and O–H groups in total. The van der Waals surface area contributed by atoms with E-state index in [-0.39, 0.29) is 18.1 Å². The van der Waals surface area contributed by atoms with Gasteiger partial charge in [0.2, 0.25) is 5.91 Å². The van der Waals surface area contributed by atoms with Crippen molar-refractivity contribution in [3.63, 3.8) is 0 Å². The molecule has 1 rings (SSSR count). The third-order valence-electron chi connectivity index (χ3n) is 1.85. The molecule has 0 unspecified atom stereocenters. The summed E-state index contributed by atoms with van der Waals surface area (Å²) >= 11 is 2.15. The molecule has 0 saturated heterocycles. The monoisotopic (exact) mass is 317 g/mol. The summed E-state index contributed by atoms with van der Waals surface area (Å²) in [6, 6.07) is 7.53. The largest absolute Gasteiger partial charge is 0.325 e. The number of ketones is 1. The van der Waals surface area contributed by atoms with Crippen LogP contribution in [0.1, 0.15) is 19.8 Å². The van der Waals surface area contributed by atoms with Gasteiger partial charge in [-0.25, -0.2) is 0 Å². The highest BCUT2D eigenvalue weighted by Crippen LogP contribution is 2.17. The molecule has 0 heterocycles. The zero-order valence-corrected chi connectivity index (χ0v) is 10.6. The third kappa shape index (κ3) is 4.42. The lowest BCUT2D eigenvalue weighted by molar-refractivity contribution is -0.121. The van der Waals surface area contributed by atoms with Crippen molar-refractivity contribution >= 4 is 40.0 Å². The van der Waals surface area contributed by atoms with Gasteiger partial charge < -0.3 is 10.1 Å². The summed E-state index contributed by atoms with van der Waals surface area (Å²) in [6.45, 7) is 1.49. The number of Topliss-reactive ketones (excluding diaryl/α,β-unsaturated/α-hetero) is 1. The van der Waals surface area contributed by atoms with Crippen molar-refractivity contribution in [2.75, 3.05) is 5.32 Å². The first-order valence-corrected chi connectivity index (χ1v) is 5.71. The number of hydrogen-bond acceptors (Lipinski definition) is 2. The summed E-state index contributed by atoms with van der Waals surface area (Å²) < 4.78 is 0.992. The van der Waals surface area contributed by atoms with Crippen LogP contribution in [-0.4, -0.2) is 11.7 Å². The maximum Gasteiger partial charge on any atom is 0.224 e. The Labute approximate surface area is 102 Å². The minimum absolute atomic E-state index is 0.0351. The molecule has 1 amide bonds. The van der Waals surface area contributed by atoms with Crippen molar-refractivity contribution in [1.82, 2.24) is 0 Å². The number of carbonyl (C=O) groups excluding carboxylic acids is 2. The van der Waals surface area contributed by atoms with Gasteiger partial charge in [0.15, 0.2) is 0 Å². The number of rotatable bonds is 4. The third-order valence-corrected chi connectivity index (χ3v) is 2.79. The topological polar surface area (TPSA) is 46.2 Å². The van der Waals surface area contributed by atoms with Crippen LogP contribution in [0.4, 0.5) is 5.69 Å². The summed E-state index contributed by atoms with van der Waals surface area (Å²) in [7, 11) is 0. The molecule has 0 aliphatic heterocycles. The quantitative estimate of drug-likeness (QED) is 0.868. The Bertz CT molecular complexity index is 377. The van der Waals surface area contributed by atoms with E-state index in [0.29, 0.717) is 6.42 Å². The maximum atomic E-state index is 11.4. The fourth-order valence-electron chi connectivity index (χ4n) is 1.06. The Morgan fingerprint density at radius 2 is 1.93 bits per heavy atom. The van der Waals surface area contributed by atoms with Crippen molar-refractivity contribution in [1.29, 1.82) is 0 Å². The molecule has 15 heavy (non-hydrogen) atoms. The van der Waals surface area contributed by atoms with Gasteiger partial charge in [0, 0.05) is 16.4 Å². The second-order valence-electron chi connectivity index (χ2n) is 3.23. The Morgan fingerprint density at radius 1 is 1.27 bits per heavy atom. The molecular formula is C11H12INO2. The fraction of sp³-hybridized carbons (Fsp3) is 0.273. The molecule has 0 aliphatic rings. The molecule has 1 aromatic rings. The number of amides is 1. The van der Waals surface area contributed by atoms with Crippen molar-refractivity contribution in [2.24, 2.45) is 0 Å². The van der Waals surface area contributed by atoms with Gasteiger partial charge in [-0.05, 0) is 41.6 Å². The van der Waals surface area contributed by atoms with Crippen molar-refractivity contribution in [3.05, 3.63) is 27.8 Å². The number of anilines is 1. The molecule has 0 aromatic heterocycles. The van der Waals surface area contributed by atoms with E-state index < -0.39 is 0 Å². The molecule has 0 radical (unpaired) electrons. The second kappa shape index (κ2) is 5.85. The molecule has 0 atom stereocenters. The molecular weight excluding hydrogens is 305 g/mol. The number of benzene rings is 1. The van der Waals surface area contributed by atoms with Gasteiger partial charge in [0.05, 0.1) is 5.69 Å². The lowest BCUT2D eigenvalue weighted by Gasteiger charge is -2.05. The molecule has 4 heteroatoms. The van der Waals surface area contributed by atoms with E-state index in [1.54, 1.807) is 0 Å². The summed E-state index contributed by atoms with van der Waals surface area (Å²) in [5.41, 5.74) is 0.798. The van der Waals surface area contributed by atoms with Crippen molar-refractivity contribution in [3.8, 4) is 0 Å². The van der Waals surface area contributed by atoms with E-state index in [4.69, 9.17) is 0 Å². The van der Waals surface area contributed by atoms with Gasteiger partial charge in [-0.3, -0.25) is 4.79 Å². The zero-order valence-electron chi connectivity index (χ0n) is 8.42. The predicted molar refractivity (Wildman–Crippen MR) is 67.7 cm³/mol. The smallest absolute Gasteiger partial charge is 0.224 e. The summed E-state index contributed by atoms with van der Waals surface area (Å²) in [6.07, 6.45) is 0.551. The molecule has 0 saturated carbocycles. The Kier molecular flexibility index (Phi) is 4.74. The standard InChI is InChI=1S/C11H12INO2/c1-8(14)6-7-11(15)13-10-5-3-2-4-9(10)12/h2-5H,6-7H2,1H3,(H,13,15). The first-order chi connectivity index (χ1) is 7.09. The molecule has 0 bridgehead atoms. The van der Waals surface area contributed by atoms with Crippen LogP contribution in [0.5, 0.6) is 0 Å². The summed E-state index contributed by atoms with van der Waals surface area (Å²) in [4.78, 5) is 22.1. The second-order valence-corrected chi connectivity index (χ2v) is 4.39. The first kappa shape index (κ1) is 12.2. The van der Waals surface area contributed by atoms with Gasteiger partial charge >= 0.3 is 0 Å². The molecule has 1 aromatic carbocycles. The average Bonchev–Trinajstić information content (AvgIpc) is 2.18. The Balaban J connectivity index is 2.52. The van der Waals surface area contributed by atoms with Crippen LogP contribution >= 0.6 is 22.6 Å². The van der Waals surface area contributed by atoms with Gasteiger partial charge in [-0.1, -0.05) is 12.1 Å². The molecule has 3 nitrogen and oxygen atoms in total. The summed E-state index contributed by atoms with van der Waals surface area (Å²) in [5.74, 6) is -0.0813. The van der Waals surface area contributed by atoms with Crippen LogP contribution in [0.15, 0.2) is 24.3 Å². The highest BCUT2D eigenvalue weighted by molar-refractivity contribution is 14.1. The number of para-hydroxylation sites is 1. The lowest BCUT2D eigenvalue weighted by Crippen LogP contribution is -2.13. The Morgan fingerprint density at radius 3 is 2.53 bits per heavy atom. The molecule has 80 valence electrons. The normalized spacial score (nSPS) is 9.73. The van der Waals surface area contributed by atoms with Crippen LogP contribution in [-0.2, 0) is 9.59 Å². The SMILES string of the molecule is CC(=O)CCC(=O)Nc1ccccc1I. The Hall–Kier alpha value is -0.910. The number of carbonyl (C=O) groups is 2. The van der Waals surface area contributed by atoms with Crippen LogP contribution < -0.4 is 5.32 Å². The van der Waals surface area contributed by atoms with Gasteiger partial charge in [-0.2, -0.15) is 0 Å². The number of halogens is 1. The fourth-order valence-corrected chi connectivity index (χ4v) is 1.59. The van der Waals surface area contributed by atoms with Crippen molar-refractivity contribution < 1.29 is 9.59 Å². The van der Waals surface area contributed by atoms with E-state index in [9.17, 15) is 9.59 Å². The van der Waals surface area contributed by atoms with E-state index in [0.717, 1.165) is 9.26 Å². The molecule has 0 aliphatic carbocycles. The maximum absolute atomic E-state index is 11.4. The summed E-state index contributed by atoms with van der Waals surface area (Å²) in [5, 5.41) is 2.77. The van der Waals surface area contributed by atoms with E-state index in [1.165, 1.54) is 6.92 Å². The van der Waals surface area contributed by atoms with Gasteiger partial charge in [0.1, 0.15) is 5.78 Å². The lowest BCUT2D eigenvalue weighted by atomic mass is 10.2. The van der Waals surface area contributed by atoms with Crippen LogP contribution in [0.25, 0.3) is 0 Å². The zero-order chi connectivity index (χ0) is 11.3. The van der Waals surface area contributed by atoms with E-state index in [2.05, 4.69) is 27.9 Å². The van der Waals surface area contributed by atoms with Crippen LogP contribution in [0, 0.1) is 3.57 Å². The number of hydrogen-bond donors (Lipinski definition) is 1. The predicted octanol–water partition coefficient (Wildman–Crippen LogP) is 2.60. The highest BCUT2D eigenvalue weighted by atomic mass is 127. The average molecular weight is 317 g/mol.